The fourth-order valence-electron chi connectivity index (χ4n) is 1.15. The van der Waals surface area contributed by atoms with Gasteiger partial charge in [-0.15, -0.1) is 0 Å². The highest BCUT2D eigenvalue weighted by Crippen LogP contribution is 2.27. The summed E-state index contributed by atoms with van der Waals surface area (Å²) in [5.74, 6) is -3.25. The first-order valence-corrected chi connectivity index (χ1v) is 7.24. The van der Waals surface area contributed by atoms with Crippen LogP contribution in [0.25, 0.3) is 0 Å². The zero-order chi connectivity index (χ0) is 13.9. The lowest BCUT2D eigenvalue weighted by Crippen LogP contribution is -2.19. The van der Waals surface area contributed by atoms with Crippen LogP contribution in [0.5, 0.6) is 5.75 Å². The number of nitrogens with zero attached hydrogens (tertiary/aromatic N) is 1. The summed E-state index contributed by atoms with van der Waals surface area (Å²) in [4.78, 5) is 0.896. The second kappa shape index (κ2) is 5.81. The van der Waals surface area contributed by atoms with Gasteiger partial charge in [-0.25, -0.2) is 12.8 Å². The van der Waals surface area contributed by atoms with E-state index in [1.54, 1.807) is 19.0 Å². The summed E-state index contributed by atoms with van der Waals surface area (Å²) in [5, 5.41) is 0. The van der Waals surface area contributed by atoms with Gasteiger partial charge in [-0.05, 0) is 26.2 Å². The lowest BCUT2D eigenvalue weighted by molar-refractivity contribution is 0.248. The van der Waals surface area contributed by atoms with Crippen molar-refractivity contribution in [3.05, 3.63) is 23.8 Å². The first-order chi connectivity index (χ1) is 8.23. The van der Waals surface area contributed by atoms with Crippen molar-refractivity contribution in [2.45, 2.75) is 4.90 Å². The molecule has 0 bridgehead atoms. The maximum absolute atomic E-state index is 13.5. The number of halogens is 3. The molecule has 102 valence electrons. The second-order valence-electron chi connectivity index (χ2n) is 3.78. The molecule has 0 heterocycles. The molecule has 0 fully saturated rings. The molecule has 0 unspecified atom stereocenters. The molecule has 0 saturated carbocycles. The molecule has 0 aliphatic rings. The minimum atomic E-state index is -4.31. The number of rotatable bonds is 5. The van der Waals surface area contributed by atoms with Crippen LogP contribution >= 0.6 is 10.7 Å². The Bertz CT molecular complexity index is 534. The summed E-state index contributed by atoms with van der Waals surface area (Å²) in [7, 11) is 4.23. The van der Waals surface area contributed by atoms with Crippen LogP contribution in [0.1, 0.15) is 0 Å². The highest BCUT2D eigenvalue weighted by molar-refractivity contribution is 8.13. The van der Waals surface area contributed by atoms with Crippen LogP contribution in [0.4, 0.5) is 8.78 Å². The number of benzene rings is 1. The minimum Gasteiger partial charge on any atom is -0.489 e. The molecule has 1 rings (SSSR count). The van der Waals surface area contributed by atoms with E-state index in [-0.39, 0.29) is 12.4 Å². The summed E-state index contributed by atoms with van der Waals surface area (Å²) in [6.45, 7) is 0.660. The van der Waals surface area contributed by atoms with Crippen LogP contribution in [0.3, 0.4) is 0 Å². The van der Waals surface area contributed by atoms with Gasteiger partial charge in [0.1, 0.15) is 11.5 Å². The van der Waals surface area contributed by atoms with E-state index in [0.717, 1.165) is 12.1 Å². The van der Waals surface area contributed by atoms with E-state index in [1.807, 2.05) is 0 Å². The zero-order valence-corrected chi connectivity index (χ0v) is 11.4. The molecule has 0 spiro atoms. The number of ether oxygens (including phenoxy) is 1. The second-order valence-corrected chi connectivity index (χ2v) is 6.31. The number of hydrogen-bond acceptors (Lipinski definition) is 4. The Morgan fingerprint density at radius 1 is 1.28 bits per heavy atom. The number of likely N-dealkylation sites (N-methyl/N-ethyl adjacent to an activating group) is 1. The molecule has 0 aliphatic carbocycles. The fraction of sp³-hybridized carbons (Fsp3) is 0.400. The van der Waals surface area contributed by atoms with E-state index in [9.17, 15) is 17.2 Å². The van der Waals surface area contributed by atoms with Gasteiger partial charge in [0.2, 0.25) is 5.82 Å². The standard InChI is InChI=1S/C10H12ClF2NO3S/c1-14(2)5-6-17-7-3-4-8(18(11,15)16)10(13)9(7)12/h3-4H,5-6H2,1-2H3. The van der Waals surface area contributed by atoms with Gasteiger partial charge in [0.25, 0.3) is 9.05 Å². The van der Waals surface area contributed by atoms with E-state index in [0.29, 0.717) is 6.54 Å². The number of hydrogen-bond donors (Lipinski definition) is 0. The van der Waals surface area contributed by atoms with Crippen LogP contribution in [0.15, 0.2) is 17.0 Å². The van der Waals surface area contributed by atoms with Gasteiger partial charge in [-0.2, -0.15) is 4.39 Å². The Kier molecular flexibility index (Phi) is 4.89. The molecule has 0 atom stereocenters. The predicted octanol–water partition coefficient (Wildman–Crippen LogP) is 1.83. The van der Waals surface area contributed by atoms with Crippen molar-refractivity contribution in [1.29, 1.82) is 0 Å². The van der Waals surface area contributed by atoms with E-state index in [2.05, 4.69) is 0 Å². The molecule has 18 heavy (non-hydrogen) atoms. The lowest BCUT2D eigenvalue weighted by Gasteiger charge is -2.12. The lowest BCUT2D eigenvalue weighted by atomic mass is 10.3. The Labute approximate surface area is 109 Å². The maximum Gasteiger partial charge on any atom is 0.264 e. The van der Waals surface area contributed by atoms with Crippen molar-refractivity contribution in [2.75, 3.05) is 27.2 Å². The van der Waals surface area contributed by atoms with Crippen molar-refractivity contribution >= 4 is 19.7 Å². The normalized spacial score (nSPS) is 11.9. The van der Waals surface area contributed by atoms with E-state index in [1.165, 1.54) is 0 Å². The topological polar surface area (TPSA) is 46.6 Å². The molecule has 8 heteroatoms. The van der Waals surface area contributed by atoms with Gasteiger partial charge < -0.3 is 9.64 Å². The molecule has 0 aromatic heterocycles. The fourth-order valence-corrected chi connectivity index (χ4v) is 2.04. The molecule has 0 radical (unpaired) electrons. The monoisotopic (exact) mass is 299 g/mol. The van der Waals surface area contributed by atoms with Crippen LogP contribution < -0.4 is 4.74 Å². The van der Waals surface area contributed by atoms with Gasteiger partial charge in [0.05, 0.1) is 0 Å². The highest BCUT2D eigenvalue weighted by atomic mass is 35.7. The molecule has 0 N–H and O–H groups in total. The van der Waals surface area contributed by atoms with Gasteiger partial charge in [-0.1, -0.05) is 0 Å². The Morgan fingerprint density at radius 3 is 2.39 bits per heavy atom. The molecule has 4 nitrogen and oxygen atoms in total. The zero-order valence-electron chi connectivity index (χ0n) is 9.78. The van der Waals surface area contributed by atoms with E-state index < -0.39 is 25.6 Å². The summed E-state index contributed by atoms with van der Waals surface area (Å²) in [6.07, 6.45) is 0. The smallest absolute Gasteiger partial charge is 0.264 e. The van der Waals surface area contributed by atoms with E-state index in [4.69, 9.17) is 15.4 Å². The van der Waals surface area contributed by atoms with Crippen LogP contribution in [-0.2, 0) is 9.05 Å². The first kappa shape index (κ1) is 15.1. The van der Waals surface area contributed by atoms with Gasteiger partial charge >= 0.3 is 0 Å². The Hall–Kier alpha value is -0.920. The Morgan fingerprint density at radius 2 is 1.89 bits per heavy atom. The summed E-state index contributed by atoms with van der Waals surface area (Å²) < 4.78 is 53.8. The Balaban J connectivity index is 2.95. The predicted molar refractivity (Wildman–Crippen MR) is 63.4 cm³/mol. The molecule has 0 amide bonds. The molecule has 0 saturated heterocycles. The summed E-state index contributed by atoms with van der Waals surface area (Å²) in [6, 6.07) is 1.90. The van der Waals surface area contributed by atoms with Gasteiger partial charge in [-0.3, -0.25) is 0 Å². The van der Waals surface area contributed by atoms with Crippen molar-refractivity contribution in [3.8, 4) is 5.75 Å². The van der Waals surface area contributed by atoms with E-state index >= 15 is 0 Å². The third-order valence-corrected chi connectivity index (χ3v) is 3.41. The first-order valence-electron chi connectivity index (χ1n) is 4.93. The molecule has 0 aliphatic heterocycles. The highest BCUT2D eigenvalue weighted by Gasteiger charge is 2.22. The quantitative estimate of drug-likeness (QED) is 0.778. The summed E-state index contributed by atoms with van der Waals surface area (Å²) in [5.41, 5.74) is 0. The third kappa shape index (κ3) is 3.79. The molecular weight excluding hydrogens is 288 g/mol. The average molecular weight is 300 g/mol. The van der Waals surface area contributed by atoms with Crippen LogP contribution in [0, 0.1) is 11.6 Å². The van der Waals surface area contributed by atoms with Crippen molar-refractivity contribution in [2.24, 2.45) is 0 Å². The maximum atomic E-state index is 13.5. The third-order valence-electron chi connectivity index (χ3n) is 2.07. The van der Waals surface area contributed by atoms with Gasteiger partial charge in [0, 0.05) is 17.2 Å². The van der Waals surface area contributed by atoms with Crippen LogP contribution in [0.2, 0.25) is 0 Å². The van der Waals surface area contributed by atoms with Crippen LogP contribution in [-0.4, -0.2) is 40.6 Å². The largest absolute Gasteiger partial charge is 0.489 e. The minimum absolute atomic E-state index is 0.149. The average Bonchev–Trinajstić information content (AvgIpc) is 2.22. The van der Waals surface area contributed by atoms with Gasteiger partial charge in [0.15, 0.2) is 11.6 Å². The summed E-state index contributed by atoms with van der Waals surface area (Å²) >= 11 is 0. The SMILES string of the molecule is CN(C)CCOc1ccc(S(=O)(=O)Cl)c(F)c1F. The van der Waals surface area contributed by atoms with Crippen molar-refractivity contribution in [1.82, 2.24) is 4.90 Å². The molecule has 1 aromatic carbocycles. The molecular formula is C10H12ClF2NO3S. The van der Waals surface area contributed by atoms with Crippen molar-refractivity contribution in [3.63, 3.8) is 0 Å². The molecule has 1 aromatic rings. The van der Waals surface area contributed by atoms with Crippen molar-refractivity contribution < 1.29 is 21.9 Å².